The molecule has 1 aromatic carbocycles. The van der Waals surface area contributed by atoms with Crippen molar-refractivity contribution in [3.05, 3.63) is 34.9 Å². The van der Waals surface area contributed by atoms with Crippen molar-refractivity contribution in [2.75, 3.05) is 26.7 Å². The maximum atomic E-state index is 5.92. The minimum absolute atomic E-state index is 0. The summed E-state index contributed by atoms with van der Waals surface area (Å²) in [5, 5.41) is 4.21. The van der Waals surface area contributed by atoms with Gasteiger partial charge < -0.3 is 10.2 Å². The van der Waals surface area contributed by atoms with Crippen LogP contribution in [0.25, 0.3) is 0 Å². The van der Waals surface area contributed by atoms with Gasteiger partial charge in [-0.2, -0.15) is 0 Å². The molecule has 0 aromatic heterocycles. The highest BCUT2D eigenvalue weighted by atomic mass is 127. The highest BCUT2D eigenvalue weighted by molar-refractivity contribution is 14.0. The molecule has 0 amide bonds. The molecular weight excluding hydrogens is 373 g/mol. The van der Waals surface area contributed by atoms with Gasteiger partial charge in [0.2, 0.25) is 0 Å². The molecular formula is C14H21ClIN3. The fraction of sp³-hybridized carbons (Fsp3) is 0.500. The number of nitrogens with one attached hydrogen (secondary N) is 1. The Labute approximate surface area is 137 Å². The van der Waals surface area contributed by atoms with E-state index in [1.165, 1.54) is 5.56 Å². The molecule has 1 aliphatic heterocycles. The Kier molecular flexibility index (Phi) is 5.92. The van der Waals surface area contributed by atoms with E-state index in [9.17, 15) is 0 Å². The quantitative estimate of drug-likeness (QED) is 0.799. The zero-order chi connectivity index (χ0) is 13.2. The van der Waals surface area contributed by atoms with Gasteiger partial charge in [-0.25, -0.2) is 0 Å². The molecule has 0 atom stereocenters. The normalized spacial score (nSPS) is 14.9. The van der Waals surface area contributed by atoms with Gasteiger partial charge in [-0.15, -0.1) is 24.0 Å². The van der Waals surface area contributed by atoms with Crippen molar-refractivity contribution in [2.24, 2.45) is 4.99 Å². The zero-order valence-corrected chi connectivity index (χ0v) is 14.7. The van der Waals surface area contributed by atoms with Crippen LogP contribution in [0.2, 0.25) is 5.02 Å². The predicted octanol–water partition coefficient (Wildman–Crippen LogP) is 3.13. The van der Waals surface area contributed by atoms with Crippen molar-refractivity contribution in [1.82, 2.24) is 10.2 Å². The second-order valence-corrected chi connectivity index (χ2v) is 5.81. The Morgan fingerprint density at radius 1 is 1.32 bits per heavy atom. The molecule has 0 fully saturated rings. The van der Waals surface area contributed by atoms with Gasteiger partial charge in [-0.05, 0) is 17.7 Å². The number of hydrogen-bond donors (Lipinski definition) is 1. The smallest absolute Gasteiger partial charge is 0.193 e. The summed E-state index contributed by atoms with van der Waals surface area (Å²) in [6, 6.07) is 8.06. The molecule has 106 valence electrons. The molecule has 1 aliphatic rings. The van der Waals surface area contributed by atoms with Crippen LogP contribution >= 0.6 is 35.6 Å². The summed E-state index contributed by atoms with van der Waals surface area (Å²) in [5.74, 6) is 0.997. The van der Waals surface area contributed by atoms with Gasteiger partial charge in [0, 0.05) is 30.6 Å². The summed E-state index contributed by atoms with van der Waals surface area (Å²) in [7, 11) is 2.06. The molecule has 2 rings (SSSR count). The third-order valence-corrected chi connectivity index (χ3v) is 3.62. The maximum Gasteiger partial charge on any atom is 0.193 e. The van der Waals surface area contributed by atoms with Gasteiger partial charge in [0.15, 0.2) is 5.96 Å². The maximum absolute atomic E-state index is 5.92. The van der Waals surface area contributed by atoms with Crippen LogP contribution in [-0.4, -0.2) is 37.5 Å². The second-order valence-electron chi connectivity index (χ2n) is 5.37. The number of likely N-dealkylation sites (N-methyl/N-ethyl adjacent to an activating group) is 1. The van der Waals surface area contributed by atoms with E-state index < -0.39 is 0 Å². The van der Waals surface area contributed by atoms with Crippen molar-refractivity contribution >= 4 is 41.5 Å². The number of benzene rings is 1. The van der Waals surface area contributed by atoms with Crippen LogP contribution in [0, 0.1) is 0 Å². The fourth-order valence-corrected chi connectivity index (χ4v) is 2.15. The van der Waals surface area contributed by atoms with Crippen molar-refractivity contribution < 1.29 is 0 Å². The van der Waals surface area contributed by atoms with E-state index in [4.69, 9.17) is 11.6 Å². The highest BCUT2D eigenvalue weighted by Crippen LogP contribution is 2.23. The summed E-state index contributed by atoms with van der Waals surface area (Å²) in [6.07, 6.45) is 0. The minimum Gasteiger partial charge on any atom is -0.355 e. The number of aliphatic imine (C=N–C) groups is 1. The molecule has 0 radical (unpaired) electrons. The summed E-state index contributed by atoms with van der Waals surface area (Å²) in [4.78, 5) is 6.59. The molecule has 1 heterocycles. The third kappa shape index (κ3) is 4.24. The highest BCUT2D eigenvalue weighted by Gasteiger charge is 2.22. The standard InChI is InChI=1S/C14H20ClN3.HI/c1-14(2,11-4-6-12(15)7-5-11)10-17-13-16-8-9-18(13)3;/h4-7H,8-10H2,1-3H3,(H,16,17);1H. The summed E-state index contributed by atoms with van der Waals surface area (Å²) in [5.41, 5.74) is 1.33. The summed E-state index contributed by atoms with van der Waals surface area (Å²) in [6.45, 7) is 7.19. The molecule has 0 unspecified atom stereocenters. The minimum atomic E-state index is 0. The Balaban J connectivity index is 0.00000180. The molecule has 19 heavy (non-hydrogen) atoms. The molecule has 1 N–H and O–H groups in total. The molecule has 0 aliphatic carbocycles. The SMILES string of the molecule is CN1CCN=C1NCC(C)(C)c1ccc(Cl)cc1.I. The molecule has 0 saturated carbocycles. The van der Waals surface area contributed by atoms with Crippen molar-refractivity contribution in [1.29, 1.82) is 0 Å². The van der Waals surface area contributed by atoms with Gasteiger partial charge in [-0.1, -0.05) is 37.6 Å². The van der Waals surface area contributed by atoms with Crippen LogP contribution in [0.4, 0.5) is 0 Å². The first-order chi connectivity index (χ1) is 8.49. The number of guanidine groups is 1. The third-order valence-electron chi connectivity index (χ3n) is 3.37. The topological polar surface area (TPSA) is 27.6 Å². The van der Waals surface area contributed by atoms with Crippen LogP contribution in [0.3, 0.4) is 0 Å². The first kappa shape index (κ1) is 16.6. The Bertz CT molecular complexity index is 443. The second kappa shape index (κ2) is 6.79. The van der Waals surface area contributed by atoms with Crippen molar-refractivity contribution in [3.8, 4) is 0 Å². The van der Waals surface area contributed by atoms with Crippen LogP contribution in [0.5, 0.6) is 0 Å². The van der Waals surface area contributed by atoms with E-state index in [-0.39, 0.29) is 29.4 Å². The molecule has 3 nitrogen and oxygen atoms in total. The average Bonchev–Trinajstić information content (AvgIpc) is 2.73. The summed E-state index contributed by atoms with van der Waals surface area (Å²) >= 11 is 5.92. The van der Waals surface area contributed by atoms with E-state index >= 15 is 0 Å². The molecule has 0 saturated heterocycles. The Morgan fingerprint density at radius 3 is 2.47 bits per heavy atom. The summed E-state index contributed by atoms with van der Waals surface area (Å²) < 4.78 is 0. The lowest BCUT2D eigenvalue weighted by molar-refractivity contribution is 0.481. The molecule has 0 spiro atoms. The largest absolute Gasteiger partial charge is 0.355 e. The van der Waals surface area contributed by atoms with Crippen LogP contribution in [0.15, 0.2) is 29.3 Å². The monoisotopic (exact) mass is 393 g/mol. The Hall–Kier alpha value is -0.490. The van der Waals surface area contributed by atoms with E-state index in [1.807, 2.05) is 12.1 Å². The average molecular weight is 394 g/mol. The van der Waals surface area contributed by atoms with E-state index in [0.717, 1.165) is 30.6 Å². The van der Waals surface area contributed by atoms with Crippen LogP contribution < -0.4 is 5.32 Å². The molecule has 0 bridgehead atoms. The first-order valence-corrected chi connectivity index (χ1v) is 6.62. The number of halogens is 2. The van der Waals surface area contributed by atoms with Gasteiger partial charge in [0.05, 0.1) is 6.54 Å². The number of nitrogens with zero attached hydrogens (tertiary/aromatic N) is 2. The van der Waals surface area contributed by atoms with Crippen molar-refractivity contribution in [3.63, 3.8) is 0 Å². The Morgan fingerprint density at radius 2 is 1.95 bits per heavy atom. The number of hydrogen-bond acceptors (Lipinski definition) is 3. The predicted molar refractivity (Wildman–Crippen MR) is 92.8 cm³/mol. The van der Waals surface area contributed by atoms with E-state index in [1.54, 1.807) is 0 Å². The van der Waals surface area contributed by atoms with E-state index in [0.29, 0.717) is 0 Å². The lowest BCUT2D eigenvalue weighted by Crippen LogP contribution is -2.42. The lowest BCUT2D eigenvalue weighted by Gasteiger charge is -2.27. The zero-order valence-electron chi connectivity index (χ0n) is 11.6. The fourth-order valence-electron chi connectivity index (χ4n) is 2.03. The van der Waals surface area contributed by atoms with Gasteiger partial charge >= 0.3 is 0 Å². The molecule has 1 aromatic rings. The van der Waals surface area contributed by atoms with Crippen molar-refractivity contribution in [2.45, 2.75) is 19.3 Å². The van der Waals surface area contributed by atoms with Gasteiger partial charge in [0.1, 0.15) is 0 Å². The van der Waals surface area contributed by atoms with Gasteiger partial charge in [-0.3, -0.25) is 4.99 Å². The van der Waals surface area contributed by atoms with Crippen LogP contribution in [-0.2, 0) is 5.41 Å². The van der Waals surface area contributed by atoms with Gasteiger partial charge in [0.25, 0.3) is 0 Å². The van der Waals surface area contributed by atoms with E-state index in [2.05, 4.69) is 48.2 Å². The van der Waals surface area contributed by atoms with Crippen LogP contribution in [0.1, 0.15) is 19.4 Å². The molecule has 5 heteroatoms. The lowest BCUT2D eigenvalue weighted by atomic mass is 9.85. The first-order valence-electron chi connectivity index (χ1n) is 6.24. The number of rotatable bonds is 3.